The molecule has 0 spiro atoms. The number of aromatic hydroxyl groups is 1. The van der Waals surface area contributed by atoms with E-state index in [9.17, 15) is 14.7 Å². The lowest BCUT2D eigenvalue weighted by molar-refractivity contribution is -0.129. The summed E-state index contributed by atoms with van der Waals surface area (Å²) in [5, 5.41) is 12.8. The summed E-state index contributed by atoms with van der Waals surface area (Å²) in [7, 11) is 0. The molecule has 0 aromatic heterocycles. The van der Waals surface area contributed by atoms with Crippen molar-refractivity contribution in [3.63, 3.8) is 0 Å². The van der Waals surface area contributed by atoms with Crippen molar-refractivity contribution in [2.75, 3.05) is 6.54 Å². The number of benzene rings is 2. The molecule has 5 heteroatoms. The van der Waals surface area contributed by atoms with Crippen LogP contribution in [0.1, 0.15) is 33.5 Å². The molecule has 2 aliphatic rings. The van der Waals surface area contributed by atoms with Crippen molar-refractivity contribution < 1.29 is 14.7 Å². The number of hydrogen-bond acceptors (Lipinski definition) is 3. The molecular formula is C21H22N2O3. The Balaban J connectivity index is 1.42. The third-order valence-electron chi connectivity index (χ3n) is 5.36. The molecule has 1 saturated heterocycles. The number of nitrogens with one attached hydrogen (secondary N) is 1. The fourth-order valence-electron chi connectivity index (χ4n) is 4.03. The number of aryl methyl sites for hydroxylation is 1. The number of likely N-dealkylation sites (tertiary alicyclic amines) is 1. The predicted molar refractivity (Wildman–Crippen MR) is 98.1 cm³/mol. The maximum Gasteiger partial charge on any atom is 0.255 e. The fourth-order valence-corrected chi connectivity index (χ4v) is 4.03. The van der Waals surface area contributed by atoms with Gasteiger partial charge in [0.05, 0.1) is 11.6 Å². The average Bonchev–Trinajstić information content (AvgIpc) is 3.19. The van der Waals surface area contributed by atoms with Crippen molar-refractivity contribution in [3.8, 4) is 5.75 Å². The van der Waals surface area contributed by atoms with Crippen LogP contribution in [-0.4, -0.2) is 40.4 Å². The second-order valence-corrected chi connectivity index (χ2v) is 7.27. The Morgan fingerprint density at radius 1 is 1.12 bits per heavy atom. The quantitative estimate of drug-likeness (QED) is 0.892. The molecule has 0 saturated carbocycles. The van der Waals surface area contributed by atoms with Crippen LogP contribution < -0.4 is 5.32 Å². The SMILES string of the molecule is Cc1ccc(O)c(C(=O)N[C@H]2CC(=O)N(C3Cc4ccccc4C3)C2)c1. The number of carbonyl (C=O) groups is 2. The van der Waals surface area contributed by atoms with Gasteiger partial charge in [0.1, 0.15) is 5.75 Å². The first kappa shape index (κ1) is 16.6. The van der Waals surface area contributed by atoms with Gasteiger partial charge in [-0.05, 0) is 43.0 Å². The summed E-state index contributed by atoms with van der Waals surface area (Å²) in [6.45, 7) is 2.39. The Morgan fingerprint density at radius 3 is 2.50 bits per heavy atom. The molecule has 0 unspecified atom stereocenters. The Kier molecular flexibility index (Phi) is 4.15. The number of amides is 2. The van der Waals surface area contributed by atoms with Gasteiger partial charge in [-0.15, -0.1) is 0 Å². The van der Waals surface area contributed by atoms with Gasteiger partial charge in [-0.2, -0.15) is 0 Å². The monoisotopic (exact) mass is 350 g/mol. The third kappa shape index (κ3) is 3.05. The van der Waals surface area contributed by atoms with Crippen molar-refractivity contribution in [2.45, 2.75) is 38.3 Å². The molecule has 5 nitrogen and oxygen atoms in total. The van der Waals surface area contributed by atoms with Crippen LogP contribution in [0.25, 0.3) is 0 Å². The zero-order chi connectivity index (χ0) is 18.3. The van der Waals surface area contributed by atoms with Crippen LogP contribution in [0.5, 0.6) is 5.75 Å². The van der Waals surface area contributed by atoms with Crippen molar-refractivity contribution in [2.24, 2.45) is 0 Å². The highest BCUT2D eigenvalue weighted by Crippen LogP contribution is 2.28. The molecule has 0 radical (unpaired) electrons. The van der Waals surface area contributed by atoms with Gasteiger partial charge in [0.2, 0.25) is 5.91 Å². The first-order valence-electron chi connectivity index (χ1n) is 8.98. The summed E-state index contributed by atoms with van der Waals surface area (Å²) in [5.41, 5.74) is 3.77. The molecule has 1 aliphatic heterocycles. The van der Waals surface area contributed by atoms with Gasteiger partial charge in [0.15, 0.2) is 0 Å². The minimum Gasteiger partial charge on any atom is -0.507 e. The van der Waals surface area contributed by atoms with Crippen LogP contribution in [0.15, 0.2) is 42.5 Å². The molecule has 2 N–H and O–H groups in total. The van der Waals surface area contributed by atoms with Crippen molar-refractivity contribution in [3.05, 3.63) is 64.7 Å². The maximum atomic E-state index is 12.5. The molecule has 1 heterocycles. The zero-order valence-electron chi connectivity index (χ0n) is 14.7. The first-order chi connectivity index (χ1) is 12.5. The van der Waals surface area contributed by atoms with Gasteiger partial charge in [0.25, 0.3) is 5.91 Å². The number of carbonyl (C=O) groups excluding carboxylic acids is 2. The Hall–Kier alpha value is -2.82. The van der Waals surface area contributed by atoms with Crippen LogP contribution in [0.4, 0.5) is 0 Å². The minimum absolute atomic E-state index is 0.0412. The molecular weight excluding hydrogens is 328 g/mol. The standard InChI is InChI=1S/C21H22N2O3/c1-13-6-7-19(24)18(8-13)21(26)22-16-11-20(25)23(12-16)17-9-14-4-2-3-5-15(14)10-17/h2-8,16-17,24H,9-12H2,1H3,(H,22,26)/t16-/m0/s1. The third-order valence-corrected chi connectivity index (χ3v) is 5.36. The molecule has 2 aromatic carbocycles. The van der Waals surface area contributed by atoms with Gasteiger partial charge in [-0.1, -0.05) is 35.9 Å². The molecule has 2 aromatic rings. The molecule has 134 valence electrons. The number of phenolic OH excluding ortho intramolecular Hbond substituents is 1. The maximum absolute atomic E-state index is 12.5. The highest BCUT2D eigenvalue weighted by atomic mass is 16.3. The molecule has 4 rings (SSSR count). The van der Waals surface area contributed by atoms with Crippen LogP contribution in [0, 0.1) is 6.92 Å². The molecule has 1 aliphatic carbocycles. The summed E-state index contributed by atoms with van der Waals surface area (Å²) in [6.07, 6.45) is 2.06. The molecule has 0 bridgehead atoms. The van der Waals surface area contributed by atoms with Gasteiger partial charge in [-0.3, -0.25) is 9.59 Å². The molecule has 1 atom stereocenters. The number of phenols is 1. The molecule has 2 amide bonds. The van der Waals surface area contributed by atoms with E-state index in [2.05, 4.69) is 17.4 Å². The van der Waals surface area contributed by atoms with Gasteiger partial charge in [-0.25, -0.2) is 0 Å². The number of fused-ring (bicyclic) bond motifs is 1. The van der Waals surface area contributed by atoms with E-state index in [0.717, 1.165) is 18.4 Å². The highest BCUT2D eigenvalue weighted by molar-refractivity contribution is 5.97. The minimum atomic E-state index is -0.333. The summed E-state index contributed by atoms with van der Waals surface area (Å²) in [6, 6.07) is 13.2. The lowest BCUT2D eigenvalue weighted by Crippen LogP contribution is -2.41. The molecule has 26 heavy (non-hydrogen) atoms. The average molecular weight is 350 g/mol. The summed E-state index contributed by atoms with van der Waals surface area (Å²) in [4.78, 5) is 26.9. The van der Waals surface area contributed by atoms with Gasteiger partial charge < -0.3 is 15.3 Å². The Labute approximate surface area is 152 Å². The van der Waals surface area contributed by atoms with E-state index in [1.54, 1.807) is 12.1 Å². The largest absolute Gasteiger partial charge is 0.507 e. The molecule has 1 fully saturated rings. The first-order valence-corrected chi connectivity index (χ1v) is 8.98. The van der Waals surface area contributed by atoms with E-state index in [1.807, 2.05) is 24.0 Å². The van der Waals surface area contributed by atoms with Crippen LogP contribution in [0.3, 0.4) is 0 Å². The van der Waals surface area contributed by atoms with Crippen molar-refractivity contribution >= 4 is 11.8 Å². The summed E-state index contributed by atoms with van der Waals surface area (Å²) >= 11 is 0. The van der Waals surface area contributed by atoms with E-state index in [0.29, 0.717) is 13.0 Å². The second kappa shape index (κ2) is 6.48. The normalized spacial score (nSPS) is 19.7. The van der Waals surface area contributed by atoms with Crippen LogP contribution in [0.2, 0.25) is 0 Å². The zero-order valence-corrected chi connectivity index (χ0v) is 14.7. The lowest BCUT2D eigenvalue weighted by atomic mass is 10.1. The number of hydrogen-bond donors (Lipinski definition) is 2. The van der Waals surface area contributed by atoms with E-state index in [4.69, 9.17) is 0 Å². The Bertz CT molecular complexity index is 852. The summed E-state index contributed by atoms with van der Waals surface area (Å²) in [5.74, 6) is -0.289. The van der Waals surface area contributed by atoms with Crippen molar-refractivity contribution in [1.29, 1.82) is 0 Å². The predicted octanol–water partition coefficient (Wildman–Crippen LogP) is 2.20. The van der Waals surface area contributed by atoms with Crippen LogP contribution >= 0.6 is 0 Å². The van der Waals surface area contributed by atoms with Crippen LogP contribution in [-0.2, 0) is 17.6 Å². The van der Waals surface area contributed by atoms with E-state index in [-0.39, 0.29) is 35.2 Å². The Morgan fingerprint density at radius 2 is 1.81 bits per heavy atom. The van der Waals surface area contributed by atoms with E-state index in [1.165, 1.54) is 17.2 Å². The van der Waals surface area contributed by atoms with E-state index < -0.39 is 0 Å². The van der Waals surface area contributed by atoms with Gasteiger partial charge >= 0.3 is 0 Å². The second-order valence-electron chi connectivity index (χ2n) is 7.27. The van der Waals surface area contributed by atoms with Gasteiger partial charge in [0, 0.05) is 19.0 Å². The number of rotatable bonds is 3. The number of nitrogens with zero attached hydrogens (tertiary/aromatic N) is 1. The lowest BCUT2D eigenvalue weighted by Gasteiger charge is -2.24. The van der Waals surface area contributed by atoms with Crippen molar-refractivity contribution in [1.82, 2.24) is 10.2 Å². The fraction of sp³-hybridized carbons (Fsp3) is 0.333. The highest BCUT2D eigenvalue weighted by Gasteiger charge is 2.37. The topological polar surface area (TPSA) is 69.6 Å². The van der Waals surface area contributed by atoms with E-state index >= 15 is 0 Å². The summed E-state index contributed by atoms with van der Waals surface area (Å²) < 4.78 is 0. The smallest absolute Gasteiger partial charge is 0.255 e.